The van der Waals surface area contributed by atoms with E-state index in [1.165, 1.54) is 4.57 Å². The third-order valence-corrected chi connectivity index (χ3v) is 2.62. The Hall–Kier alpha value is -1.65. The number of nitrogens with zero attached hydrogens (tertiary/aromatic N) is 1. The molecular weight excluding hydrogens is 242 g/mol. The highest BCUT2D eigenvalue weighted by atomic mass is 35.5. The van der Waals surface area contributed by atoms with E-state index in [2.05, 4.69) is 0 Å². The maximum Gasteiger partial charge on any atom is 0.242 e. The number of aromatic nitrogens is 1. The monoisotopic (exact) mass is 251 g/mol. The second kappa shape index (κ2) is 4.69. The van der Waals surface area contributed by atoms with Gasteiger partial charge in [0.2, 0.25) is 5.78 Å². The van der Waals surface area contributed by atoms with Crippen LogP contribution in [0.15, 0.2) is 30.5 Å². The average molecular weight is 252 g/mol. The van der Waals surface area contributed by atoms with Gasteiger partial charge in [-0.1, -0.05) is 35.9 Å². The zero-order valence-corrected chi connectivity index (χ0v) is 9.59. The number of aldehydes is 1. The number of halogens is 1. The van der Waals surface area contributed by atoms with Gasteiger partial charge in [-0.05, 0) is 0 Å². The number of benzene rings is 1. The number of carbonyl (C=O) groups is 2. The van der Waals surface area contributed by atoms with Crippen molar-refractivity contribution in [2.24, 2.45) is 0 Å². The Kier molecular flexibility index (Phi) is 3.26. The first-order chi connectivity index (χ1) is 8.13. The molecule has 1 atom stereocenters. The molecule has 1 N–H and O–H groups in total. The molecule has 2 aromatic rings. The van der Waals surface area contributed by atoms with E-state index in [0.717, 1.165) is 5.39 Å². The van der Waals surface area contributed by atoms with Gasteiger partial charge in [0.25, 0.3) is 0 Å². The lowest BCUT2D eigenvalue weighted by Gasteiger charge is -2.07. The van der Waals surface area contributed by atoms with Crippen molar-refractivity contribution in [3.63, 3.8) is 0 Å². The molecule has 5 heteroatoms. The Morgan fingerprint density at radius 2 is 2.18 bits per heavy atom. The Morgan fingerprint density at radius 1 is 1.47 bits per heavy atom. The van der Waals surface area contributed by atoms with E-state index in [1.54, 1.807) is 18.3 Å². The molecule has 0 saturated heterocycles. The van der Waals surface area contributed by atoms with Crippen LogP contribution in [0.2, 0.25) is 0 Å². The van der Waals surface area contributed by atoms with Crippen molar-refractivity contribution in [2.45, 2.75) is 12.1 Å². The Labute approximate surface area is 102 Å². The van der Waals surface area contributed by atoms with Gasteiger partial charge in [0, 0.05) is 17.0 Å². The van der Waals surface area contributed by atoms with Crippen LogP contribution in [-0.4, -0.2) is 27.3 Å². The average Bonchev–Trinajstić information content (AvgIpc) is 2.65. The highest BCUT2D eigenvalue weighted by Crippen LogP contribution is 2.22. The molecule has 88 valence electrons. The van der Waals surface area contributed by atoms with Crippen molar-refractivity contribution in [2.75, 3.05) is 0 Å². The molecule has 1 unspecified atom stereocenters. The van der Waals surface area contributed by atoms with Crippen LogP contribution in [0.25, 0.3) is 10.8 Å². The van der Waals surface area contributed by atoms with E-state index in [-0.39, 0.29) is 18.5 Å². The van der Waals surface area contributed by atoms with Crippen molar-refractivity contribution in [3.8, 4) is 0 Å². The molecule has 0 radical (unpaired) electrons. The number of hydrogen-bond donors (Lipinski definition) is 1. The van der Waals surface area contributed by atoms with Crippen LogP contribution in [0.4, 0.5) is 0 Å². The summed E-state index contributed by atoms with van der Waals surface area (Å²) in [5, 5.41) is 10.7. The lowest BCUT2D eigenvalue weighted by atomic mass is 10.1. The van der Waals surface area contributed by atoms with Crippen LogP contribution < -0.4 is 0 Å². The summed E-state index contributed by atoms with van der Waals surface area (Å²) in [7, 11) is 0. The van der Waals surface area contributed by atoms with Gasteiger partial charge in [-0.25, -0.2) is 0 Å². The third kappa shape index (κ3) is 2.23. The number of hydrogen-bond acceptors (Lipinski definition) is 3. The molecule has 2 rings (SSSR count). The van der Waals surface area contributed by atoms with Crippen molar-refractivity contribution in [1.29, 1.82) is 0 Å². The van der Waals surface area contributed by atoms with Crippen molar-refractivity contribution >= 4 is 34.4 Å². The summed E-state index contributed by atoms with van der Waals surface area (Å²) >= 11 is 5.49. The van der Waals surface area contributed by atoms with Crippen LogP contribution in [0.3, 0.4) is 0 Å². The molecule has 1 aromatic heterocycles. The lowest BCUT2D eigenvalue weighted by Crippen LogP contribution is -2.15. The van der Waals surface area contributed by atoms with E-state index in [9.17, 15) is 9.59 Å². The summed E-state index contributed by atoms with van der Waals surface area (Å²) in [6, 6.07) is 7.20. The summed E-state index contributed by atoms with van der Waals surface area (Å²) in [5.74, 6) is -0.622. The first-order valence-electron chi connectivity index (χ1n) is 5.03. The van der Waals surface area contributed by atoms with Crippen molar-refractivity contribution in [3.05, 3.63) is 36.2 Å². The van der Waals surface area contributed by atoms with E-state index in [0.29, 0.717) is 5.39 Å². The fraction of sp³-hybridized carbons (Fsp3) is 0.167. The van der Waals surface area contributed by atoms with Gasteiger partial charge in [0.15, 0.2) is 6.29 Å². The molecule has 0 fully saturated rings. The summed E-state index contributed by atoms with van der Waals surface area (Å²) in [6.07, 6.45) is 1.95. The van der Waals surface area contributed by atoms with Gasteiger partial charge in [0.05, 0.1) is 6.54 Å². The number of rotatable bonds is 4. The van der Waals surface area contributed by atoms with Crippen LogP contribution >= 0.6 is 11.6 Å². The second-order valence-corrected chi connectivity index (χ2v) is 4.14. The molecule has 0 amide bonds. The predicted octanol–water partition coefficient (Wildman–Crippen LogP) is 1.58. The zero-order chi connectivity index (χ0) is 12.4. The summed E-state index contributed by atoms with van der Waals surface area (Å²) in [4.78, 5) is 22.2. The van der Waals surface area contributed by atoms with E-state index >= 15 is 0 Å². The largest absolute Gasteiger partial charge is 0.376 e. The molecule has 0 saturated carbocycles. The maximum atomic E-state index is 11.6. The molecule has 0 spiro atoms. The number of Topliss-reactive ketones (excluding diaryl/α,β-unsaturated/α-hetero) is 1. The molecule has 0 aliphatic heterocycles. The summed E-state index contributed by atoms with van der Waals surface area (Å²) in [6.45, 7) is 0.0607. The molecule has 0 aliphatic rings. The minimum atomic E-state index is -1.10. The smallest absolute Gasteiger partial charge is 0.242 e. The molecule has 1 aromatic carbocycles. The van der Waals surface area contributed by atoms with E-state index in [4.69, 9.17) is 16.7 Å². The third-order valence-electron chi connectivity index (χ3n) is 2.49. The zero-order valence-electron chi connectivity index (χ0n) is 8.84. The molecular formula is C12H10ClNO3. The van der Waals surface area contributed by atoms with Gasteiger partial charge in [-0.3, -0.25) is 9.59 Å². The van der Waals surface area contributed by atoms with Crippen LogP contribution in [0.5, 0.6) is 0 Å². The molecule has 1 heterocycles. The maximum absolute atomic E-state index is 11.6. The van der Waals surface area contributed by atoms with Gasteiger partial charge < -0.3 is 9.67 Å². The topological polar surface area (TPSA) is 59.3 Å². The molecule has 4 nitrogen and oxygen atoms in total. The highest BCUT2D eigenvalue weighted by molar-refractivity contribution is 6.35. The number of alkyl halides is 1. The first kappa shape index (κ1) is 11.8. The first-order valence-corrected chi connectivity index (χ1v) is 5.46. The van der Waals surface area contributed by atoms with Crippen LogP contribution in [0.1, 0.15) is 10.5 Å². The minimum absolute atomic E-state index is 0.0607. The number of fused-ring (bicyclic) bond motifs is 1. The Bertz CT molecular complexity index is 574. The van der Waals surface area contributed by atoms with Gasteiger partial charge in [0.1, 0.15) is 11.3 Å². The van der Waals surface area contributed by atoms with Crippen molar-refractivity contribution in [1.82, 2.24) is 4.57 Å². The fourth-order valence-corrected chi connectivity index (χ4v) is 2.00. The van der Waals surface area contributed by atoms with E-state index < -0.39 is 11.3 Å². The van der Waals surface area contributed by atoms with Gasteiger partial charge in [-0.15, -0.1) is 0 Å². The van der Waals surface area contributed by atoms with Gasteiger partial charge >= 0.3 is 0 Å². The number of carbonyl (C=O) groups excluding carboxylic acids is 2. The minimum Gasteiger partial charge on any atom is -0.376 e. The molecule has 0 bridgehead atoms. The number of aliphatic hydroxyl groups excluding tert-OH is 1. The quantitative estimate of drug-likeness (QED) is 0.388. The van der Waals surface area contributed by atoms with Crippen LogP contribution in [-0.2, 0) is 11.3 Å². The number of ketones is 1. The SMILES string of the molecule is O=CC(=O)c1c2ccccc2cn1CC(O)Cl. The fourth-order valence-electron chi connectivity index (χ4n) is 1.85. The van der Waals surface area contributed by atoms with Crippen molar-refractivity contribution < 1.29 is 14.7 Å². The highest BCUT2D eigenvalue weighted by Gasteiger charge is 2.16. The Balaban J connectivity index is 2.64. The van der Waals surface area contributed by atoms with Crippen LogP contribution in [0, 0.1) is 0 Å². The normalized spacial score (nSPS) is 12.6. The standard InChI is InChI=1S/C12H10ClNO3/c13-11(17)6-14-5-8-3-1-2-4-9(8)12(14)10(16)7-15/h1-5,7,11,17H,6H2. The predicted molar refractivity (Wildman–Crippen MR) is 64.2 cm³/mol. The lowest BCUT2D eigenvalue weighted by molar-refractivity contribution is -0.104. The molecule has 17 heavy (non-hydrogen) atoms. The summed E-state index contributed by atoms with van der Waals surface area (Å²) in [5.41, 5.74) is -0.842. The molecule has 0 aliphatic carbocycles. The summed E-state index contributed by atoms with van der Waals surface area (Å²) < 4.78 is 1.50. The second-order valence-electron chi connectivity index (χ2n) is 3.63. The van der Waals surface area contributed by atoms with E-state index in [1.807, 2.05) is 12.1 Å². The number of aliphatic hydroxyl groups is 1. The van der Waals surface area contributed by atoms with Gasteiger partial charge in [-0.2, -0.15) is 0 Å². The Morgan fingerprint density at radius 3 is 2.82 bits per heavy atom.